The molecule has 0 saturated carbocycles. The molecule has 72 valence electrons. The minimum atomic E-state index is 0.694. The van der Waals surface area contributed by atoms with Crippen molar-refractivity contribution in [2.45, 2.75) is 0 Å². The third-order valence-electron chi connectivity index (χ3n) is 1.03. The summed E-state index contributed by atoms with van der Waals surface area (Å²) in [6.07, 6.45) is 2.16. The summed E-state index contributed by atoms with van der Waals surface area (Å²) in [5.74, 6) is 1.20. The summed E-state index contributed by atoms with van der Waals surface area (Å²) in [5.41, 5.74) is 10.3. The monoisotopic (exact) mass is 207 g/mol. The molecule has 5 heteroatoms. The van der Waals surface area contributed by atoms with Crippen LogP contribution in [0, 0.1) is 0 Å². The fourth-order valence-electron chi connectivity index (χ4n) is 0.526. The van der Waals surface area contributed by atoms with Gasteiger partial charge >= 0.3 is 0 Å². The van der Waals surface area contributed by atoms with Crippen LogP contribution in [0.3, 0.4) is 0 Å². The Balaban J connectivity index is 0.000000211. The second-order valence-electron chi connectivity index (χ2n) is 2.08. The zero-order chi connectivity index (χ0) is 9.07. The van der Waals surface area contributed by atoms with Gasteiger partial charge in [-0.1, -0.05) is 27.7 Å². The zero-order valence-electron chi connectivity index (χ0n) is 7.16. The van der Waals surface area contributed by atoms with Crippen molar-refractivity contribution in [3.8, 4) is 0 Å². The largest absolute Gasteiger partial charge is 0.329 e. The number of rotatable bonds is 4. The van der Waals surface area contributed by atoms with Crippen LogP contribution in [0.15, 0.2) is 11.5 Å². The van der Waals surface area contributed by atoms with Gasteiger partial charge in [0.1, 0.15) is 0 Å². The molecule has 0 unspecified atom stereocenters. The van der Waals surface area contributed by atoms with Crippen LogP contribution in [0.2, 0.25) is 0 Å². The number of nitrogens with two attached hydrogens (primary N) is 2. The van der Waals surface area contributed by atoms with E-state index >= 15 is 0 Å². The maximum Gasteiger partial charge on any atom is 0.0229 e. The molecule has 5 N–H and O–H groups in total. The molecule has 0 aromatic carbocycles. The van der Waals surface area contributed by atoms with Gasteiger partial charge in [0.05, 0.1) is 0 Å². The fourth-order valence-corrected chi connectivity index (χ4v) is 2.10. The van der Waals surface area contributed by atoms with E-state index in [9.17, 15) is 0 Å². The molecule has 1 heterocycles. The topological polar surface area (TPSA) is 64.1 Å². The van der Waals surface area contributed by atoms with Crippen molar-refractivity contribution >= 4 is 21.6 Å². The van der Waals surface area contributed by atoms with E-state index in [1.807, 2.05) is 21.6 Å². The van der Waals surface area contributed by atoms with Crippen molar-refractivity contribution in [3.05, 3.63) is 11.5 Å². The van der Waals surface area contributed by atoms with Crippen molar-refractivity contribution in [1.29, 1.82) is 0 Å². The van der Waals surface area contributed by atoms with E-state index in [1.165, 1.54) is 5.75 Å². The van der Waals surface area contributed by atoms with Gasteiger partial charge in [-0.15, -0.1) is 0 Å². The maximum atomic E-state index is 5.17. The molecule has 0 amide bonds. The zero-order valence-corrected chi connectivity index (χ0v) is 8.79. The molecule has 0 bridgehead atoms. The first-order valence-corrected chi connectivity index (χ1v) is 6.34. The summed E-state index contributed by atoms with van der Waals surface area (Å²) >= 11 is 0. The molecule has 1 rings (SSSR count). The highest BCUT2D eigenvalue weighted by atomic mass is 33.1. The molecule has 0 radical (unpaired) electrons. The summed E-state index contributed by atoms with van der Waals surface area (Å²) in [6.45, 7) is 3.13. The number of hydrogen-bond acceptors (Lipinski definition) is 5. The van der Waals surface area contributed by atoms with Crippen LogP contribution in [0.5, 0.6) is 0 Å². The summed E-state index contributed by atoms with van der Waals surface area (Å²) in [5, 5.41) is 5.15. The quantitative estimate of drug-likeness (QED) is 0.460. The molecule has 0 aromatic rings. The first-order chi connectivity index (χ1) is 5.91. The third-order valence-corrected chi connectivity index (χ3v) is 2.94. The van der Waals surface area contributed by atoms with Crippen LogP contribution in [0.1, 0.15) is 0 Å². The van der Waals surface area contributed by atoms with E-state index in [0.717, 1.165) is 13.1 Å². The Morgan fingerprint density at radius 2 is 1.92 bits per heavy atom. The Hall–Kier alpha value is 0.320. The maximum absolute atomic E-state index is 5.17. The van der Waals surface area contributed by atoms with Crippen LogP contribution in [0.25, 0.3) is 0 Å². The molecule has 0 saturated heterocycles. The van der Waals surface area contributed by atoms with Gasteiger partial charge < -0.3 is 16.8 Å². The van der Waals surface area contributed by atoms with Gasteiger partial charge in [0.25, 0.3) is 0 Å². The lowest BCUT2D eigenvalue weighted by atomic mass is 10.6. The summed E-state index contributed by atoms with van der Waals surface area (Å²) in [6, 6.07) is 0. The lowest BCUT2D eigenvalue weighted by Gasteiger charge is -1.95. The van der Waals surface area contributed by atoms with E-state index in [0.29, 0.717) is 13.1 Å². The van der Waals surface area contributed by atoms with Crippen LogP contribution in [0.4, 0.5) is 0 Å². The van der Waals surface area contributed by atoms with Crippen LogP contribution in [-0.4, -0.2) is 31.9 Å². The SMILES string of the molecule is C1=CSSC1.NCCNCCN. The van der Waals surface area contributed by atoms with E-state index in [-0.39, 0.29) is 0 Å². The van der Waals surface area contributed by atoms with E-state index < -0.39 is 0 Å². The second kappa shape index (κ2) is 11.3. The second-order valence-corrected chi connectivity index (χ2v) is 4.40. The summed E-state index contributed by atoms with van der Waals surface area (Å²) in [4.78, 5) is 0. The summed E-state index contributed by atoms with van der Waals surface area (Å²) in [7, 11) is 3.69. The highest BCUT2D eigenvalue weighted by molar-refractivity contribution is 8.78. The van der Waals surface area contributed by atoms with Crippen molar-refractivity contribution in [2.75, 3.05) is 31.9 Å². The average molecular weight is 207 g/mol. The Kier molecular flexibility index (Phi) is 11.6. The molecular formula is C7H17N3S2. The van der Waals surface area contributed by atoms with Crippen molar-refractivity contribution < 1.29 is 0 Å². The highest BCUT2D eigenvalue weighted by Gasteiger charge is 1.85. The lowest BCUT2D eigenvalue weighted by molar-refractivity contribution is 0.696. The molecule has 0 fully saturated rings. The van der Waals surface area contributed by atoms with Crippen molar-refractivity contribution in [3.63, 3.8) is 0 Å². The number of nitrogens with one attached hydrogen (secondary N) is 1. The smallest absolute Gasteiger partial charge is 0.0229 e. The molecule has 1 aliphatic heterocycles. The molecule has 12 heavy (non-hydrogen) atoms. The first kappa shape index (κ1) is 12.3. The van der Waals surface area contributed by atoms with Crippen LogP contribution < -0.4 is 16.8 Å². The Morgan fingerprint density at radius 1 is 1.25 bits per heavy atom. The minimum Gasteiger partial charge on any atom is -0.329 e. The minimum absolute atomic E-state index is 0.694. The Morgan fingerprint density at radius 3 is 2.17 bits per heavy atom. The van der Waals surface area contributed by atoms with E-state index in [1.54, 1.807) is 0 Å². The molecule has 0 aliphatic carbocycles. The Labute approximate surface area is 82.1 Å². The van der Waals surface area contributed by atoms with Crippen LogP contribution >= 0.6 is 21.6 Å². The average Bonchev–Trinajstić information content (AvgIpc) is 2.62. The van der Waals surface area contributed by atoms with E-state index in [2.05, 4.69) is 16.8 Å². The Bertz CT molecular complexity index is 98.8. The van der Waals surface area contributed by atoms with Crippen LogP contribution in [-0.2, 0) is 0 Å². The highest BCUT2D eigenvalue weighted by Crippen LogP contribution is 2.27. The molecular weight excluding hydrogens is 190 g/mol. The standard InChI is InChI=1S/C4H13N3.C3H4S2/c5-1-3-7-4-2-6;1-2-4-5-3-1/h7H,1-6H2;1-2H,3H2. The van der Waals surface area contributed by atoms with Gasteiger partial charge in [0, 0.05) is 31.9 Å². The molecule has 0 atom stereocenters. The lowest BCUT2D eigenvalue weighted by Crippen LogP contribution is -2.27. The van der Waals surface area contributed by atoms with Crippen molar-refractivity contribution in [1.82, 2.24) is 5.32 Å². The van der Waals surface area contributed by atoms with Gasteiger partial charge in [-0.3, -0.25) is 0 Å². The molecule has 0 spiro atoms. The molecule has 3 nitrogen and oxygen atoms in total. The van der Waals surface area contributed by atoms with Gasteiger partial charge in [-0.05, 0) is 5.41 Å². The first-order valence-electron chi connectivity index (χ1n) is 3.96. The summed E-state index contributed by atoms with van der Waals surface area (Å²) < 4.78 is 0. The molecule has 1 aliphatic rings. The predicted octanol–water partition coefficient (Wildman–Crippen LogP) is 0.388. The van der Waals surface area contributed by atoms with Gasteiger partial charge in [-0.2, -0.15) is 0 Å². The predicted molar refractivity (Wildman–Crippen MR) is 60.2 cm³/mol. The number of hydrogen-bond donors (Lipinski definition) is 3. The van der Waals surface area contributed by atoms with E-state index in [4.69, 9.17) is 11.5 Å². The molecule has 0 aromatic heterocycles. The normalized spacial score (nSPS) is 14.2. The van der Waals surface area contributed by atoms with Gasteiger partial charge in [0.2, 0.25) is 0 Å². The third kappa shape index (κ3) is 10.3. The van der Waals surface area contributed by atoms with Gasteiger partial charge in [-0.25, -0.2) is 0 Å². The van der Waals surface area contributed by atoms with Crippen molar-refractivity contribution in [2.24, 2.45) is 11.5 Å². The van der Waals surface area contributed by atoms with Gasteiger partial charge in [0.15, 0.2) is 0 Å². The fraction of sp³-hybridized carbons (Fsp3) is 0.714.